The summed E-state index contributed by atoms with van der Waals surface area (Å²) in [6.07, 6.45) is 4.21. The smallest absolute Gasteiger partial charge is 0.161 e. The number of hydrogen-bond acceptors (Lipinski definition) is 4. The van der Waals surface area contributed by atoms with E-state index >= 15 is 0 Å². The molecule has 1 aliphatic rings. The molecule has 3 unspecified atom stereocenters. The Morgan fingerprint density at radius 2 is 2.00 bits per heavy atom. The van der Waals surface area contributed by atoms with Crippen LogP contribution in [0.5, 0.6) is 11.5 Å². The fourth-order valence-corrected chi connectivity index (χ4v) is 2.92. The van der Waals surface area contributed by atoms with Crippen molar-refractivity contribution < 1.29 is 19.7 Å². The summed E-state index contributed by atoms with van der Waals surface area (Å²) < 4.78 is 4.78. The lowest BCUT2D eigenvalue weighted by Crippen LogP contribution is -2.31. The van der Waals surface area contributed by atoms with Gasteiger partial charge in [0.2, 0.25) is 0 Å². The monoisotopic (exact) mass is 308 g/mol. The number of rotatable bonds is 3. The van der Waals surface area contributed by atoms with E-state index in [2.05, 4.69) is 20.8 Å². The SMILES string of the molecule is CC1CCC(C(C)C)C(O)C1.COc1cc(C=O)ccc1O. The number of aromatic hydroxyl groups is 1. The Balaban J connectivity index is 0.000000220. The Morgan fingerprint density at radius 1 is 1.32 bits per heavy atom. The van der Waals surface area contributed by atoms with E-state index in [1.807, 2.05) is 0 Å². The van der Waals surface area contributed by atoms with Gasteiger partial charge in [0, 0.05) is 5.56 Å². The minimum atomic E-state index is -0.0289. The van der Waals surface area contributed by atoms with Crippen molar-refractivity contribution in [1.29, 1.82) is 0 Å². The number of aliphatic hydroxyl groups is 1. The standard InChI is InChI=1S/C10H20O.C8H8O3/c1-7(2)9-5-4-8(3)6-10(9)11;1-11-8-4-6(5-9)2-3-7(8)10/h7-11H,4-6H2,1-3H3;2-5,10H,1H3. The van der Waals surface area contributed by atoms with E-state index in [1.165, 1.54) is 38.2 Å². The maximum atomic E-state index is 10.2. The zero-order chi connectivity index (χ0) is 16.7. The van der Waals surface area contributed by atoms with Crippen LogP contribution < -0.4 is 4.74 Å². The van der Waals surface area contributed by atoms with E-state index in [-0.39, 0.29) is 11.9 Å². The third-order valence-electron chi connectivity index (χ3n) is 4.33. The van der Waals surface area contributed by atoms with Gasteiger partial charge in [-0.1, -0.05) is 27.2 Å². The van der Waals surface area contributed by atoms with Crippen molar-refractivity contribution >= 4 is 6.29 Å². The molecule has 1 saturated carbocycles. The largest absolute Gasteiger partial charge is 0.504 e. The normalized spacial score (nSPS) is 24.4. The van der Waals surface area contributed by atoms with Crippen LogP contribution in [0.15, 0.2) is 18.2 Å². The summed E-state index contributed by atoms with van der Waals surface area (Å²) in [5.41, 5.74) is 0.486. The molecule has 0 spiro atoms. The van der Waals surface area contributed by atoms with Gasteiger partial charge in [-0.2, -0.15) is 0 Å². The Labute approximate surface area is 133 Å². The summed E-state index contributed by atoms with van der Waals surface area (Å²) in [7, 11) is 1.43. The molecule has 2 rings (SSSR count). The number of ether oxygens (including phenoxy) is 1. The molecular weight excluding hydrogens is 280 g/mol. The number of phenolic OH excluding ortho intramolecular Hbond substituents is 1. The van der Waals surface area contributed by atoms with Crippen LogP contribution in [0.25, 0.3) is 0 Å². The molecule has 1 fully saturated rings. The lowest BCUT2D eigenvalue weighted by molar-refractivity contribution is 0.0266. The van der Waals surface area contributed by atoms with Crippen molar-refractivity contribution in [1.82, 2.24) is 0 Å². The fourth-order valence-electron chi connectivity index (χ4n) is 2.92. The molecular formula is C18H28O4. The third-order valence-corrected chi connectivity index (χ3v) is 4.33. The first-order valence-corrected chi connectivity index (χ1v) is 7.89. The number of aldehydes is 1. The Kier molecular flexibility index (Phi) is 7.39. The van der Waals surface area contributed by atoms with Gasteiger partial charge in [-0.3, -0.25) is 4.79 Å². The predicted molar refractivity (Wildman–Crippen MR) is 87.4 cm³/mol. The van der Waals surface area contributed by atoms with Gasteiger partial charge in [-0.15, -0.1) is 0 Å². The van der Waals surface area contributed by atoms with Crippen molar-refractivity contribution in [3.05, 3.63) is 23.8 Å². The molecule has 4 nitrogen and oxygen atoms in total. The molecule has 3 atom stereocenters. The van der Waals surface area contributed by atoms with Crippen molar-refractivity contribution in [3.63, 3.8) is 0 Å². The van der Waals surface area contributed by atoms with Crippen LogP contribution in [-0.2, 0) is 0 Å². The van der Waals surface area contributed by atoms with E-state index in [9.17, 15) is 9.90 Å². The second-order valence-electron chi connectivity index (χ2n) is 6.44. The maximum absolute atomic E-state index is 10.2. The van der Waals surface area contributed by atoms with Crippen LogP contribution in [0.3, 0.4) is 0 Å². The van der Waals surface area contributed by atoms with Gasteiger partial charge >= 0.3 is 0 Å². The first-order chi connectivity index (χ1) is 10.4. The van der Waals surface area contributed by atoms with Crippen LogP contribution in [0, 0.1) is 17.8 Å². The molecule has 2 N–H and O–H groups in total. The highest BCUT2D eigenvalue weighted by Gasteiger charge is 2.28. The zero-order valence-corrected chi connectivity index (χ0v) is 14.0. The van der Waals surface area contributed by atoms with Crippen molar-refractivity contribution in [2.45, 2.75) is 46.1 Å². The van der Waals surface area contributed by atoms with Crippen LogP contribution in [0.4, 0.5) is 0 Å². The number of aliphatic hydroxyl groups excluding tert-OH is 1. The zero-order valence-electron chi connectivity index (χ0n) is 14.0. The number of carbonyl (C=O) groups is 1. The quantitative estimate of drug-likeness (QED) is 0.836. The van der Waals surface area contributed by atoms with Gasteiger partial charge in [0.25, 0.3) is 0 Å². The molecule has 0 amide bonds. The van der Waals surface area contributed by atoms with Crippen LogP contribution in [0.1, 0.15) is 50.4 Å². The van der Waals surface area contributed by atoms with Crippen molar-refractivity contribution in [2.75, 3.05) is 7.11 Å². The van der Waals surface area contributed by atoms with Crippen molar-refractivity contribution in [3.8, 4) is 11.5 Å². The average Bonchev–Trinajstić information content (AvgIpc) is 2.48. The number of benzene rings is 1. The first kappa shape index (κ1) is 18.5. The second kappa shape index (κ2) is 8.79. The van der Waals surface area contributed by atoms with Gasteiger partial charge in [0.15, 0.2) is 11.5 Å². The topological polar surface area (TPSA) is 66.8 Å². The number of carbonyl (C=O) groups excluding carboxylic acids is 1. The number of phenols is 1. The van der Waals surface area contributed by atoms with Crippen LogP contribution in [0.2, 0.25) is 0 Å². The summed E-state index contributed by atoms with van der Waals surface area (Å²) in [6.45, 7) is 6.66. The van der Waals surface area contributed by atoms with E-state index in [0.29, 0.717) is 29.4 Å². The maximum Gasteiger partial charge on any atom is 0.161 e. The highest BCUT2D eigenvalue weighted by atomic mass is 16.5. The van der Waals surface area contributed by atoms with Crippen LogP contribution >= 0.6 is 0 Å². The van der Waals surface area contributed by atoms with Gasteiger partial charge in [-0.05, 0) is 48.8 Å². The molecule has 1 aliphatic carbocycles. The fraction of sp³-hybridized carbons (Fsp3) is 0.611. The minimum Gasteiger partial charge on any atom is -0.504 e. The average molecular weight is 308 g/mol. The lowest BCUT2D eigenvalue weighted by Gasteiger charge is -2.33. The lowest BCUT2D eigenvalue weighted by atomic mass is 9.75. The molecule has 4 heteroatoms. The molecule has 1 aromatic carbocycles. The number of hydrogen-bond donors (Lipinski definition) is 2. The van der Waals surface area contributed by atoms with E-state index in [0.717, 1.165) is 12.3 Å². The summed E-state index contributed by atoms with van der Waals surface area (Å²) in [6, 6.07) is 4.41. The van der Waals surface area contributed by atoms with Gasteiger partial charge in [0.05, 0.1) is 13.2 Å². The molecule has 0 radical (unpaired) electrons. The first-order valence-electron chi connectivity index (χ1n) is 7.89. The second-order valence-corrected chi connectivity index (χ2v) is 6.44. The van der Waals surface area contributed by atoms with Gasteiger partial charge < -0.3 is 14.9 Å². The molecule has 22 heavy (non-hydrogen) atoms. The van der Waals surface area contributed by atoms with E-state index < -0.39 is 0 Å². The highest BCUT2D eigenvalue weighted by Crippen LogP contribution is 2.33. The molecule has 0 saturated heterocycles. The third kappa shape index (κ3) is 5.34. The van der Waals surface area contributed by atoms with Crippen molar-refractivity contribution in [2.24, 2.45) is 17.8 Å². The van der Waals surface area contributed by atoms with Gasteiger partial charge in [-0.25, -0.2) is 0 Å². The number of methoxy groups -OCH3 is 1. The molecule has 0 aromatic heterocycles. The summed E-state index contributed by atoms with van der Waals surface area (Å²) >= 11 is 0. The Morgan fingerprint density at radius 3 is 2.50 bits per heavy atom. The molecule has 0 heterocycles. The van der Waals surface area contributed by atoms with E-state index in [1.54, 1.807) is 0 Å². The molecule has 1 aromatic rings. The highest BCUT2D eigenvalue weighted by molar-refractivity contribution is 5.76. The molecule has 0 aliphatic heterocycles. The molecule has 0 bridgehead atoms. The van der Waals surface area contributed by atoms with Gasteiger partial charge in [0.1, 0.15) is 6.29 Å². The minimum absolute atomic E-state index is 0.0289. The summed E-state index contributed by atoms with van der Waals surface area (Å²) in [4.78, 5) is 10.2. The Hall–Kier alpha value is -1.55. The molecule has 124 valence electrons. The summed E-state index contributed by atoms with van der Waals surface area (Å²) in [5, 5.41) is 18.8. The summed E-state index contributed by atoms with van der Waals surface area (Å²) in [5.74, 6) is 2.30. The van der Waals surface area contributed by atoms with E-state index in [4.69, 9.17) is 9.84 Å². The van der Waals surface area contributed by atoms with Crippen LogP contribution in [-0.4, -0.2) is 29.7 Å². The predicted octanol–water partition coefficient (Wildman–Crippen LogP) is 3.65. The Bertz CT molecular complexity index is 470.